The van der Waals surface area contributed by atoms with Crippen LogP contribution in [0.5, 0.6) is 0 Å². The molecule has 3 aromatic rings. The minimum atomic E-state index is -1.02. The highest BCUT2D eigenvalue weighted by Crippen LogP contribution is 2.25. The minimum Gasteiger partial charge on any atom is -0.292 e. The maximum Gasteiger partial charge on any atom is 0.187 e. The molecule has 6 heteroatoms. The van der Waals surface area contributed by atoms with Gasteiger partial charge < -0.3 is 0 Å². The molecule has 2 heterocycles. The number of benzene rings is 1. The van der Waals surface area contributed by atoms with E-state index < -0.39 is 5.92 Å². The molecule has 0 N–H and O–H groups in total. The Morgan fingerprint density at radius 1 is 1.12 bits per heavy atom. The third-order valence-corrected chi connectivity index (χ3v) is 4.48. The molecule has 0 aliphatic heterocycles. The van der Waals surface area contributed by atoms with E-state index in [-0.39, 0.29) is 11.6 Å². The van der Waals surface area contributed by atoms with E-state index in [9.17, 15) is 10.1 Å². The first kappa shape index (κ1) is 16.9. The molecule has 1 atom stereocenters. The van der Waals surface area contributed by atoms with Gasteiger partial charge in [-0.3, -0.25) is 4.79 Å². The number of aromatic nitrogens is 3. The monoisotopic (exact) mass is 348 g/mol. The molecule has 0 bridgehead atoms. The van der Waals surface area contributed by atoms with Gasteiger partial charge in [0.25, 0.3) is 0 Å². The van der Waals surface area contributed by atoms with Crippen molar-refractivity contribution < 1.29 is 4.79 Å². The summed E-state index contributed by atoms with van der Waals surface area (Å²) in [5.41, 5.74) is 3.61. The van der Waals surface area contributed by atoms with Gasteiger partial charge in [0.2, 0.25) is 0 Å². The van der Waals surface area contributed by atoms with Crippen LogP contribution in [0.3, 0.4) is 0 Å². The molecule has 0 amide bonds. The Morgan fingerprint density at radius 2 is 1.84 bits per heavy atom. The molecule has 0 saturated heterocycles. The van der Waals surface area contributed by atoms with Crippen molar-refractivity contribution in [3.8, 4) is 17.3 Å². The van der Waals surface area contributed by atoms with E-state index in [1.165, 1.54) is 0 Å². The van der Waals surface area contributed by atoms with Crippen LogP contribution < -0.4 is 0 Å². The molecular formula is C19H16N4OS. The van der Waals surface area contributed by atoms with Crippen LogP contribution in [0.25, 0.3) is 11.3 Å². The predicted molar refractivity (Wildman–Crippen MR) is 96.5 cm³/mol. The van der Waals surface area contributed by atoms with Gasteiger partial charge in [0.1, 0.15) is 0 Å². The number of aryl methyl sites for hydroxylation is 3. The van der Waals surface area contributed by atoms with E-state index in [0.29, 0.717) is 5.56 Å². The first-order chi connectivity index (χ1) is 12.0. The maximum atomic E-state index is 12.9. The van der Waals surface area contributed by atoms with Crippen molar-refractivity contribution in [3.05, 3.63) is 63.5 Å². The second kappa shape index (κ2) is 6.91. The number of rotatable bonds is 4. The first-order valence-electron chi connectivity index (χ1n) is 7.76. The molecule has 0 radical (unpaired) electrons. The summed E-state index contributed by atoms with van der Waals surface area (Å²) in [5.74, 6) is -1.08. The highest BCUT2D eigenvalue weighted by molar-refractivity contribution is 7.09. The molecular weight excluding hydrogens is 332 g/mol. The molecule has 0 aliphatic carbocycles. The normalized spacial score (nSPS) is 11.8. The zero-order valence-electron chi connectivity index (χ0n) is 14.1. The van der Waals surface area contributed by atoms with E-state index in [1.54, 1.807) is 29.5 Å². The second-order valence-electron chi connectivity index (χ2n) is 5.77. The largest absolute Gasteiger partial charge is 0.292 e. The van der Waals surface area contributed by atoms with Gasteiger partial charge in [0.15, 0.2) is 17.5 Å². The molecule has 0 fully saturated rings. The topological polar surface area (TPSA) is 79.5 Å². The van der Waals surface area contributed by atoms with E-state index in [1.807, 2.05) is 44.4 Å². The number of nitriles is 1. The van der Waals surface area contributed by atoms with Crippen LogP contribution in [0, 0.1) is 32.1 Å². The van der Waals surface area contributed by atoms with Gasteiger partial charge in [0.05, 0.1) is 16.8 Å². The summed E-state index contributed by atoms with van der Waals surface area (Å²) in [7, 11) is 0. The third kappa shape index (κ3) is 3.62. The first-order valence-corrected chi connectivity index (χ1v) is 8.64. The number of ketones is 1. The smallest absolute Gasteiger partial charge is 0.187 e. The number of carbonyl (C=O) groups is 1. The molecule has 0 unspecified atom stereocenters. The Hall–Kier alpha value is -2.91. The summed E-state index contributed by atoms with van der Waals surface area (Å²) in [5, 5.41) is 12.4. The van der Waals surface area contributed by atoms with Gasteiger partial charge in [-0.25, -0.2) is 15.0 Å². The van der Waals surface area contributed by atoms with E-state index in [4.69, 9.17) is 0 Å². The summed E-state index contributed by atoms with van der Waals surface area (Å²) >= 11 is 1.56. The van der Waals surface area contributed by atoms with Gasteiger partial charge >= 0.3 is 0 Å². The van der Waals surface area contributed by atoms with Gasteiger partial charge in [-0.15, -0.1) is 11.3 Å². The lowest BCUT2D eigenvalue weighted by molar-refractivity contribution is 0.0976. The summed E-state index contributed by atoms with van der Waals surface area (Å²) in [4.78, 5) is 25.9. The van der Waals surface area contributed by atoms with Crippen LogP contribution in [0.1, 0.15) is 38.5 Å². The summed E-state index contributed by atoms with van der Waals surface area (Å²) < 4.78 is 0. The van der Waals surface area contributed by atoms with Gasteiger partial charge in [-0.05, 0) is 32.9 Å². The van der Waals surface area contributed by atoms with E-state index >= 15 is 0 Å². The predicted octanol–water partition coefficient (Wildman–Crippen LogP) is 4.02. The Balaban J connectivity index is 1.98. The van der Waals surface area contributed by atoms with Crippen LogP contribution in [-0.4, -0.2) is 20.7 Å². The molecule has 0 aliphatic rings. The lowest BCUT2D eigenvalue weighted by Crippen LogP contribution is -2.15. The van der Waals surface area contributed by atoms with Crippen LogP contribution in [0.4, 0.5) is 0 Å². The molecule has 5 nitrogen and oxygen atoms in total. The SMILES string of the molecule is Cc1cc(C)nc([C@H](C#N)C(=O)c2cccc(-c3csc(C)n3)c2)n1. The van der Waals surface area contributed by atoms with Crippen molar-refractivity contribution in [2.45, 2.75) is 26.7 Å². The number of hydrogen-bond donors (Lipinski definition) is 0. The molecule has 124 valence electrons. The third-order valence-electron chi connectivity index (χ3n) is 3.71. The number of thiazole rings is 1. The average Bonchev–Trinajstić information content (AvgIpc) is 3.01. The summed E-state index contributed by atoms with van der Waals surface area (Å²) in [6.07, 6.45) is 0. The number of Topliss-reactive ketones (excluding diaryl/α,β-unsaturated/α-hetero) is 1. The minimum absolute atomic E-state index is 0.250. The van der Waals surface area contributed by atoms with Crippen LogP contribution >= 0.6 is 11.3 Å². The zero-order valence-corrected chi connectivity index (χ0v) is 15.0. The Morgan fingerprint density at radius 3 is 2.44 bits per heavy atom. The maximum absolute atomic E-state index is 12.9. The molecule has 1 aromatic carbocycles. The molecule has 0 saturated carbocycles. The molecule has 3 rings (SSSR count). The average molecular weight is 348 g/mol. The van der Waals surface area contributed by atoms with E-state index in [2.05, 4.69) is 15.0 Å². The summed E-state index contributed by atoms with van der Waals surface area (Å²) in [6, 6.07) is 11.0. The molecule has 25 heavy (non-hydrogen) atoms. The molecule has 0 spiro atoms. The van der Waals surface area contributed by atoms with Crippen LogP contribution in [0.15, 0.2) is 35.7 Å². The van der Waals surface area contributed by atoms with Crippen LogP contribution in [-0.2, 0) is 0 Å². The fraction of sp³-hybridized carbons (Fsp3) is 0.211. The van der Waals surface area contributed by atoms with Crippen molar-refractivity contribution in [1.29, 1.82) is 5.26 Å². The van der Waals surface area contributed by atoms with Crippen molar-refractivity contribution >= 4 is 17.1 Å². The van der Waals surface area contributed by atoms with E-state index in [0.717, 1.165) is 27.7 Å². The van der Waals surface area contributed by atoms with Gasteiger partial charge in [-0.1, -0.05) is 18.2 Å². The van der Waals surface area contributed by atoms with Crippen molar-refractivity contribution in [1.82, 2.24) is 15.0 Å². The lowest BCUT2D eigenvalue weighted by Gasteiger charge is -2.09. The van der Waals surface area contributed by atoms with Gasteiger partial charge in [0, 0.05) is 27.9 Å². The standard InChI is InChI=1S/C19H16N4OS/c1-11-7-12(2)22-19(21-11)16(9-20)18(24)15-6-4-5-14(8-15)17-10-25-13(3)23-17/h4-8,10,16H,1-3H3/t16-/m1/s1. The second-order valence-corrected chi connectivity index (χ2v) is 6.83. The van der Waals surface area contributed by atoms with Crippen molar-refractivity contribution in [2.24, 2.45) is 0 Å². The Kier molecular flexibility index (Phi) is 4.68. The lowest BCUT2D eigenvalue weighted by atomic mass is 9.96. The quantitative estimate of drug-likeness (QED) is 0.665. The van der Waals surface area contributed by atoms with Crippen molar-refractivity contribution in [3.63, 3.8) is 0 Å². The number of carbonyl (C=O) groups excluding carboxylic acids is 1. The Labute approximate surface area is 150 Å². The number of hydrogen-bond acceptors (Lipinski definition) is 6. The highest BCUT2D eigenvalue weighted by Gasteiger charge is 2.25. The fourth-order valence-corrected chi connectivity index (χ4v) is 3.23. The summed E-state index contributed by atoms with van der Waals surface area (Å²) in [6.45, 7) is 5.58. The van der Waals surface area contributed by atoms with Crippen LogP contribution in [0.2, 0.25) is 0 Å². The Bertz CT molecular complexity index is 967. The molecule has 2 aromatic heterocycles. The zero-order chi connectivity index (χ0) is 18.0. The highest BCUT2D eigenvalue weighted by atomic mass is 32.1. The number of nitrogens with zero attached hydrogens (tertiary/aromatic N) is 4. The fourth-order valence-electron chi connectivity index (χ4n) is 2.61. The van der Waals surface area contributed by atoms with Gasteiger partial charge in [-0.2, -0.15) is 5.26 Å². The van der Waals surface area contributed by atoms with Crippen molar-refractivity contribution in [2.75, 3.05) is 0 Å².